The van der Waals surface area contributed by atoms with Crippen molar-refractivity contribution in [2.75, 3.05) is 37.4 Å². The molecule has 0 radical (unpaired) electrons. The molecule has 1 atom stereocenters. The SMILES string of the molecule is CN(C)C1CCN(c2ccc(NC(=O)c3ccc(-n4[nH]c5c(c4=O)CCC5)cc3)cc2)C1. The Bertz CT molecular complexity index is 1170. The smallest absolute Gasteiger partial charge is 0.274 e. The van der Waals surface area contributed by atoms with E-state index in [9.17, 15) is 9.59 Å². The maximum absolute atomic E-state index is 12.7. The highest BCUT2D eigenvalue weighted by atomic mass is 16.1. The summed E-state index contributed by atoms with van der Waals surface area (Å²) in [6, 6.07) is 15.7. The summed E-state index contributed by atoms with van der Waals surface area (Å²) in [7, 11) is 4.25. The summed E-state index contributed by atoms with van der Waals surface area (Å²) in [6.07, 6.45) is 3.96. The number of nitrogens with zero attached hydrogens (tertiary/aromatic N) is 3. The predicted octanol–water partition coefficient (Wildman–Crippen LogP) is 3.05. The summed E-state index contributed by atoms with van der Waals surface area (Å²) >= 11 is 0. The number of carbonyl (C=O) groups excluding carboxylic acids is 1. The number of benzene rings is 2. The number of hydrogen-bond donors (Lipinski definition) is 2. The van der Waals surface area contributed by atoms with Crippen molar-refractivity contribution < 1.29 is 4.79 Å². The number of aryl methyl sites for hydroxylation is 1. The summed E-state index contributed by atoms with van der Waals surface area (Å²) in [5, 5.41) is 6.16. The van der Waals surface area contributed by atoms with Crippen molar-refractivity contribution in [2.45, 2.75) is 31.7 Å². The first-order valence-corrected chi connectivity index (χ1v) is 11.3. The van der Waals surface area contributed by atoms with Gasteiger partial charge in [-0.1, -0.05) is 0 Å². The molecule has 166 valence electrons. The van der Waals surface area contributed by atoms with Crippen LogP contribution in [0.1, 0.15) is 34.5 Å². The summed E-state index contributed by atoms with van der Waals surface area (Å²) in [5.74, 6) is -0.167. The van der Waals surface area contributed by atoms with E-state index in [-0.39, 0.29) is 11.5 Å². The van der Waals surface area contributed by atoms with E-state index in [0.717, 1.165) is 55.0 Å². The average molecular weight is 432 g/mol. The van der Waals surface area contributed by atoms with Gasteiger partial charge in [0.15, 0.2) is 0 Å². The zero-order valence-corrected chi connectivity index (χ0v) is 18.6. The van der Waals surface area contributed by atoms with E-state index >= 15 is 0 Å². The molecule has 7 heteroatoms. The number of likely N-dealkylation sites (N-methyl/N-ethyl adjacent to an activating group) is 1. The van der Waals surface area contributed by atoms with Gasteiger partial charge in [-0.15, -0.1) is 0 Å². The van der Waals surface area contributed by atoms with E-state index in [2.05, 4.69) is 46.4 Å². The lowest BCUT2D eigenvalue weighted by atomic mass is 10.2. The summed E-state index contributed by atoms with van der Waals surface area (Å²) in [4.78, 5) is 29.9. The topological polar surface area (TPSA) is 73.4 Å². The number of hydrogen-bond acceptors (Lipinski definition) is 4. The Balaban J connectivity index is 1.24. The van der Waals surface area contributed by atoms with Crippen LogP contribution in [0.25, 0.3) is 5.69 Å². The molecule has 1 aliphatic heterocycles. The van der Waals surface area contributed by atoms with Crippen molar-refractivity contribution >= 4 is 17.3 Å². The van der Waals surface area contributed by atoms with E-state index in [1.165, 1.54) is 12.1 Å². The maximum atomic E-state index is 12.7. The van der Waals surface area contributed by atoms with Crippen LogP contribution in [0, 0.1) is 0 Å². The van der Waals surface area contributed by atoms with Crippen molar-refractivity contribution in [1.82, 2.24) is 14.7 Å². The van der Waals surface area contributed by atoms with E-state index < -0.39 is 0 Å². The van der Waals surface area contributed by atoms with Gasteiger partial charge in [-0.3, -0.25) is 14.7 Å². The van der Waals surface area contributed by atoms with Crippen LogP contribution in [0.5, 0.6) is 0 Å². The fraction of sp³-hybridized carbons (Fsp3) is 0.360. The van der Waals surface area contributed by atoms with Crippen LogP contribution in [0.15, 0.2) is 53.3 Å². The Morgan fingerprint density at radius 3 is 2.41 bits per heavy atom. The van der Waals surface area contributed by atoms with E-state index in [0.29, 0.717) is 11.6 Å². The molecule has 1 fully saturated rings. The lowest BCUT2D eigenvalue weighted by Gasteiger charge is -2.22. The van der Waals surface area contributed by atoms with Gasteiger partial charge in [0.05, 0.1) is 5.69 Å². The first-order valence-electron chi connectivity index (χ1n) is 11.3. The molecule has 2 N–H and O–H groups in total. The van der Waals surface area contributed by atoms with Gasteiger partial charge in [0.25, 0.3) is 11.5 Å². The molecular formula is C25H29N5O2. The molecule has 2 heterocycles. The molecule has 1 aromatic heterocycles. The summed E-state index contributed by atoms with van der Waals surface area (Å²) < 4.78 is 1.57. The molecule has 0 spiro atoms. The van der Waals surface area contributed by atoms with Gasteiger partial charge in [0, 0.05) is 47.3 Å². The Labute approximate surface area is 187 Å². The first kappa shape index (κ1) is 20.6. The van der Waals surface area contributed by atoms with Crippen LogP contribution in [-0.4, -0.2) is 53.8 Å². The number of aromatic amines is 1. The van der Waals surface area contributed by atoms with Crippen molar-refractivity contribution in [2.24, 2.45) is 0 Å². The van der Waals surface area contributed by atoms with Crippen molar-refractivity contribution in [3.63, 3.8) is 0 Å². The molecule has 1 aliphatic carbocycles. The van der Waals surface area contributed by atoms with Gasteiger partial charge < -0.3 is 15.1 Å². The normalized spacial score (nSPS) is 17.7. The third kappa shape index (κ3) is 3.84. The fourth-order valence-electron chi connectivity index (χ4n) is 4.72. The highest BCUT2D eigenvalue weighted by Crippen LogP contribution is 2.24. The van der Waals surface area contributed by atoms with Crippen LogP contribution in [-0.2, 0) is 12.8 Å². The van der Waals surface area contributed by atoms with Crippen molar-refractivity contribution in [3.8, 4) is 5.69 Å². The number of anilines is 2. The minimum Gasteiger partial charge on any atom is -0.370 e. The summed E-state index contributed by atoms with van der Waals surface area (Å²) in [6.45, 7) is 2.08. The largest absolute Gasteiger partial charge is 0.370 e. The van der Waals surface area contributed by atoms with Crippen molar-refractivity contribution in [1.29, 1.82) is 0 Å². The molecule has 1 saturated heterocycles. The number of rotatable bonds is 5. The molecule has 2 aromatic carbocycles. The lowest BCUT2D eigenvalue weighted by molar-refractivity contribution is 0.102. The zero-order chi connectivity index (χ0) is 22.2. The Hall–Kier alpha value is -3.32. The Kier molecular flexibility index (Phi) is 5.35. The second kappa shape index (κ2) is 8.31. The zero-order valence-electron chi connectivity index (χ0n) is 18.6. The van der Waals surface area contributed by atoms with E-state index in [1.807, 2.05) is 12.1 Å². The highest BCUT2D eigenvalue weighted by molar-refractivity contribution is 6.04. The van der Waals surface area contributed by atoms with Crippen LogP contribution < -0.4 is 15.8 Å². The number of aromatic nitrogens is 2. The van der Waals surface area contributed by atoms with E-state index in [4.69, 9.17) is 0 Å². The van der Waals surface area contributed by atoms with E-state index in [1.54, 1.807) is 28.9 Å². The Morgan fingerprint density at radius 1 is 1.03 bits per heavy atom. The highest BCUT2D eigenvalue weighted by Gasteiger charge is 2.24. The molecule has 32 heavy (non-hydrogen) atoms. The quantitative estimate of drug-likeness (QED) is 0.651. The minimum absolute atomic E-state index is 0.0182. The minimum atomic E-state index is -0.167. The van der Waals surface area contributed by atoms with Crippen LogP contribution in [0.4, 0.5) is 11.4 Å². The van der Waals surface area contributed by atoms with Gasteiger partial charge in [0.2, 0.25) is 0 Å². The molecule has 3 aromatic rings. The third-order valence-electron chi connectivity index (χ3n) is 6.70. The van der Waals surface area contributed by atoms with Crippen LogP contribution >= 0.6 is 0 Å². The molecule has 1 unspecified atom stereocenters. The predicted molar refractivity (Wildman–Crippen MR) is 127 cm³/mol. The van der Waals surface area contributed by atoms with Crippen LogP contribution in [0.3, 0.4) is 0 Å². The molecule has 0 saturated carbocycles. The third-order valence-corrected chi connectivity index (χ3v) is 6.70. The van der Waals surface area contributed by atoms with Gasteiger partial charge in [-0.05, 0) is 88.3 Å². The van der Waals surface area contributed by atoms with Gasteiger partial charge in [0.1, 0.15) is 0 Å². The van der Waals surface area contributed by atoms with Gasteiger partial charge in [-0.25, -0.2) is 4.68 Å². The molecule has 2 aliphatic rings. The standard InChI is InChI=1S/C25H29N5O2/c1-28(2)21-14-15-29(16-21)19-12-8-18(9-13-19)26-24(31)17-6-10-20(11-7-17)30-25(32)22-4-3-5-23(22)27-30/h6-13,21,27H,3-5,14-16H2,1-2H3,(H,26,31). The lowest BCUT2D eigenvalue weighted by Crippen LogP contribution is -2.31. The van der Waals surface area contributed by atoms with Crippen LogP contribution in [0.2, 0.25) is 0 Å². The first-order chi connectivity index (χ1) is 15.5. The maximum Gasteiger partial charge on any atom is 0.274 e. The second-order valence-electron chi connectivity index (χ2n) is 8.96. The number of H-pyrrole nitrogens is 1. The number of amides is 1. The monoisotopic (exact) mass is 431 g/mol. The van der Waals surface area contributed by atoms with Crippen molar-refractivity contribution in [3.05, 3.63) is 75.7 Å². The van der Waals surface area contributed by atoms with Gasteiger partial charge in [-0.2, -0.15) is 0 Å². The number of nitrogens with one attached hydrogen (secondary N) is 2. The second-order valence-corrected chi connectivity index (χ2v) is 8.96. The Morgan fingerprint density at radius 2 is 1.75 bits per heavy atom. The molecule has 1 amide bonds. The fourth-order valence-corrected chi connectivity index (χ4v) is 4.72. The van der Waals surface area contributed by atoms with Gasteiger partial charge >= 0.3 is 0 Å². The number of carbonyl (C=O) groups is 1. The summed E-state index contributed by atoms with van der Waals surface area (Å²) in [5.41, 5.74) is 5.19. The molecule has 7 nitrogen and oxygen atoms in total. The average Bonchev–Trinajstić information content (AvgIpc) is 3.53. The molecular weight excluding hydrogens is 402 g/mol. The molecule has 5 rings (SSSR count). The number of fused-ring (bicyclic) bond motifs is 1. The molecule has 0 bridgehead atoms.